The average molecular weight is 354 g/mol. The maximum atomic E-state index is 4.36. The zero-order valence-electron chi connectivity index (χ0n) is 15.8. The van der Waals surface area contributed by atoms with E-state index in [1.54, 1.807) is 0 Å². The number of rotatable bonds is 6. The molecule has 0 spiro atoms. The molecule has 140 valence electrons. The Kier molecular flexibility index (Phi) is 5.56. The number of hydrogen-bond acceptors (Lipinski definition) is 4. The first-order chi connectivity index (χ1) is 12.8. The van der Waals surface area contributed by atoms with Crippen molar-refractivity contribution in [2.24, 2.45) is 11.8 Å². The van der Waals surface area contributed by atoms with E-state index in [9.17, 15) is 0 Å². The van der Waals surface area contributed by atoms with Gasteiger partial charge < -0.3 is 10.6 Å². The van der Waals surface area contributed by atoms with Crippen LogP contribution in [0.3, 0.4) is 0 Å². The van der Waals surface area contributed by atoms with E-state index < -0.39 is 0 Å². The van der Waals surface area contributed by atoms with Gasteiger partial charge in [0.15, 0.2) is 0 Å². The zero-order chi connectivity index (χ0) is 17.8. The molecule has 0 radical (unpaired) electrons. The number of fused-ring (bicyclic) bond motifs is 1. The summed E-state index contributed by atoms with van der Waals surface area (Å²) in [5, 5.41) is 11.4. The van der Waals surface area contributed by atoms with Gasteiger partial charge in [-0.2, -0.15) is 5.10 Å². The number of benzene rings is 1. The van der Waals surface area contributed by atoms with E-state index in [2.05, 4.69) is 56.5 Å². The van der Waals surface area contributed by atoms with Gasteiger partial charge in [-0.3, -0.25) is 4.90 Å². The molecule has 4 rings (SSSR count). The van der Waals surface area contributed by atoms with Crippen LogP contribution in [0.1, 0.15) is 30.9 Å². The van der Waals surface area contributed by atoms with Crippen molar-refractivity contribution in [3.63, 3.8) is 0 Å². The Balaban J connectivity index is 1.21. The van der Waals surface area contributed by atoms with Crippen LogP contribution in [0, 0.1) is 11.8 Å². The van der Waals surface area contributed by atoms with E-state index in [0.29, 0.717) is 5.92 Å². The van der Waals surface area contributed by atoms with Gasteiger partial charge in [-0.25, -0.2) is 4.68 Å². The van der Waals surface area contributed by atoms with E-state index >= 15 is 0 Å². The van der Waals surface area contributed by atoms with Crippen LogP contribution in [0.2, 0.25) is 0 Å². The second-order valence-corrected chi connectivity index (χ2v) is 8.08. The molecule has 0 bridgehead atoms. The van der Waals surface area contributed by atoms with Gasteiger partial charge in [-0.1, -0.05) is 31.2 Å². The third-order valence-corrected chi connectivity index (χ3v) is 5.65. The Hall–Kier alpha value is -1.85. The minimum atomic E-state index is 0.586. The fourth-order valence-corrected chi connectivity index (χ4v) is 4.19. The molecule has 1 aromatic heterocycles. The molecule has 0 aliphatic carbocycles. The molecule has 0 saturated carbocycles. The Bertz CT molecular complexity index is 693. The van der Waals surface area contributed by atoms with Crippen molar-refractivity contribution in [1.82, 2.24) is 20.0 Å². The molecule has 0 unspecified atom stereocenters. The van der Waals surface area contributed by atoms with Crippen molar-refractivity contribution in [1.29, 1.82) is 0 Å². The quantitative estimate of drug-likeness (QED) is 0.838. The number of nitrogens with zero attached hydrogens (tertiary/aromatic N) is 3. The molecule has 2 aliphatic rings. The van der Waals surface area contributed by atoms with Crippen molar-refractivity contribution in [3.05, 3.63) is 47.7 Å². The fourth-order valence-electron chi connectivity index (χ4n) is 4.19. The number of likely N-dealkylation sites (tertiary alicyclic amines) is 1. The fraction of sp³-hybridized carbons (Fsp3) is 0.571. The summed E-state index contributed by atoms with van der Waals surface area (Å²) < 4.78 is 2.06. The van der Waals surface area contributed by atoms with E-state index in [-0.39, 0.29) is 0 Å². The Labute approximate surface area is 156 Å². The van der Waals surface area contributed by atoms with Crippen LogP contribution in [0.5, 0.6) is 0 Å². The first kappa shape index (κ1) is 17.6. The summed E-state index contributed by atoms with van der Waals surface area (Å²) in [6.45, 7) is 9.93. The van der Waals surface area contributed by atoms with Gasteiger partial charge in [0.25, 0.3) is 0 Å². The molecular formula is C21H31N5. The minimum absolute atomic E-state index is 0.586. The molecule has 2 N–H and O–H groups in total. The van der Waals surface area contributed by atoms with Gasteiger partial charge in [0.2, 0.25) is 0 Å². The topological polar surface area (TPSA) is 45.1 Å². The standard InChI is InChI=1S/C21H31N5/c1-17-3-2-10-25(14-17)15-19-6-4-18(5-7-19)11-22-12-20-13-23-21-8-9-24-26(21)16-20/h4-9,17,20,22-23H,2-3,10-16H2,1H3/t17-,20+/m1/s1. The Morgan fingerprint density at radius 1 is 1.15 bits per heavy atom. The van der Waals surface area contributed by atoms with Crippen LogP contribution in [0.15, 0.2) is 36.5 Å². The van der Waals surface area contributed by atoms with E-state index in [4.69, 9.17) is 0 Å². The van der Waals surface area contributed by atoms with Crippen LogP contribution >= 0.6 is 0 Å². The van der Waals surface area contributed by atoms with Gasteiger partial charge in [-0.15, -0.1) is 0 Å². The monoisotopic (exact) mass is 353 g/mol. The SMILES string of the molecule is C[C@@H]1CCCN(Cc2ccc(CNC[C@H]3CNc4ccnn4C3)cc2)C1. The third kappa shape index (κ3) is 4.46. The summed E-state index contributed by atoms with van der Waals surface area (Å²) >= 11 is 0. The number of anilines is 1. The summed E-state index contributed by atoms with van der Waals surface area (Å²) in [5.41, 5.74) is 2.80. The highest BCUT2D eigenvalue weighted by Crippen LogP contribution is 2.18. The van der Waals surface area contributed by atoms with Crippen molar-refractivity contribution in [2.75, 3.05) is 31.5 Å². The summed E-state index contributed by atoms with van der Waals surface area (Å²) in [6.07, 6.45) is 4.60. The normalized spacial score (nSPS) is 23.4. The van der Waals surface area contributed by atoms with E-state index in [1.165, 1.54) is 37.1 Å². The third-order valence-electron chi connectivity index (χ3n) is 5.65. The summed E-state index contributed by atoms with van der Waals surface area (Å²) in [6, 6.07) is 11.2. The summed E-state index contributed by atoms with van der Waals surface area (Å²) in [4.78, 5) is 2.60. The smallest absolute Gasteiger partial charge is 0.124 e. The van der Waals surface area contributed by atoms with Crippen LogP contribution in [0.25, 0.3) is 0 Å². The molecule has 2 aliphatic heterocycles. The maximum Gasteiger partial charge on any atom is 0.124 e. The molecule has 5 heteroatoms. The van der Waals surface area contributed by atoms with Crippen molar-refractivity contribution in [2.45, 2.75) is 39.4 Å². The van der Waals surface area contributed by atoms with Crippen LogP contribution in [-0.2, 0) is 19.6 Å². The molecule has 5 nitrogen and oxygen atoms in total. The summed E-state index contributed by atoms with van der Waals surface area (Å²) in [5.74, 6) is 2.57. The van der Waals surface area contributed by atoms with Crippen molar-refractivity contribution < 1.29 is 0 Å². The predicted octanol–water partition coefficient (Wildman–Crippen LogP) is 2.95. The van der Waals surface area contributed by atoms with Crippen LogP contribution in [-0.4, -0.2) is 40.9 Å². The highest BCUT2D eigenvalue weighted by molar-refractivity contribution is 5.35. The Morgan fingerprint density at radius 2 is 2.00 bits per heavy atom. The van der Waals surface area contributed by atoms with E-state index in [1.807, 2.05) is 12.3 Å². The molecule has 3 heterocycles. The number of aromatic nitrogens is 2. The largest absolute Gasteiger partial charge is 0.370 e. The molecule has 1 fully saturated rings. The van der Waals surface area contributed by atoms with Crippen LogP contribution in [0.4, 0.5) is 5.82 Å². The first-order valence-electron chi connectivity index (χ1n) is 10.0. The summed E-state index contributed by atoms with van der Waals surface area (Å²) in [7, 11) is 0. The molecule has 2 aromatic rings. The lowest BCUT2D eigenvalue weighted by Gasteiger charge is -2.30. The number of nitrogens with one attached hydrogen (secondary N) is 2. The first-order valence-corrected chi connectivity index (χ1v) is 10.0. The van der Waals surface area contributed by atoms with Gasteiger partial charge in [0, 0.05) is 51.3 Å². The molecule has 0 amide bonds. The lowest BCUT2D eigenvalue weighted by molar-refractivity contribution is 0.176. The highest BCUT2D eigenvalue weighted by atomic mass is 15.3. The maximum absolute atomic E-state index is 4.36. The van der Waals surface area contributed by atoms with Gasteiger partial charge in [0.1, 0.15) is 5.82 Å². The molecule has 1 saturated heterocycles. The lowest BCUT2D eigenvalue weighted by Crippen LogP contribution is -2.35. The molecule has 1 aromatic carbocycles. The second-order valence-electron chi connectivity index (χ2n) is 8.08. The second kappa shape index (κ2) is 8.23. The predicted molar refractivity (Wildman–Crippen MR) is 106 cm³/mol. The minimum Gasteiger partial charge on any atom is -0.370 e. The molecular weight excluding hydrogens is 322 g/mol. The zero-order valence-corrected chi connectivity index (χ0v) is 15.8. The molecule has 26 heavy (non-hydrogen) atoms. The van der Waals surface area contributed by atoms with Gasteiger partial charge in [0.05, 0.1) is 6.20 Å². The highest BCUT2D eigenvalue weighted by Gasteiger charge is 2.18. The Morgan fingerprint density at radius 3 is 2.85 bits per heavy atom. The number of piperidine rings is 1. The lowest BCUT2D eigenvalue weighted by atomic mass is 9.99. The molecule has 2 atom stereocenters. The van der Waals surface area contributed by atoms with Crippen molar-refractivity contribution >= 4 is 5.82 Å². The van der Waals surface area contributed by atoms with E-state index in [0.717, 1.165) is 44.5 Å². The van der Waals surface area contributed by atoms with Gasteiger partial charge >= 0.3 is 0 Å². The average Bonchev–Trinajstić information content (AvgIpc) is 3.11. The van der Waals surface area contributed by atoms with Crippen molar-refractivity contribution in [3.8, 4) is 0 Å². The van der Waals surface area contributed by atoms with Crippen LogP contribution < -0.4 is 10.6 Å². The number of hydrogen-bond donors (Lipinski definition) is 2. The van der Waals surface area contributed by atoms with Gasteiger partial charge in [-0.05, 0) is 36.4 Å².